The van der Waals surface area contributed by atoms with Crippen LogP contribution in [0.1, 0.15) is 13.8 Å². The number of thioether (sulfide) groups is 6. The van der Waals surface area contributed by atoms with Gasteiger partial charge in [-0.1, -0.05) is 0 Å². The molecule has 21 heavy (non-hydrogen) atoms. The first-order chi connectivity index (χ1) is 10.1. The van der Waals surface area contributed by atoms with E-state index in [0.717, 1.165) is 16.6 Å². The van der Waals surface area contributed by atoms with Gasteiger partial charge in [0.2, 0.25) is 0 Å². The molecule has 0 aromatic rings. The summed E-state index contributed by atoms with van der Waals surface area (Å²) in [4.78, 5) is 0. The van der Waals surface area contributed by atoms with Crippen molar-refractivity contribution < 1.29 is 10.2 Å². The van der Waals surface area contributed by atoms with E-state index < -0.39 is 0 Å². The van der Waals surface area contributed by atoms with Crippen molar-refractivity contribution in [3.8, 4) is 0 Å². The van der Waals surface area contributed by atoms with Crippen molar-refractivity contribution in [2.75, 3.05) is 28.1 Å². The SMILES string of the molecule is CC(O)C1CSC(CSCSCC2SCC(C(C)O)S2)S1. The van der Waals surface area contributed by atoms with Gasteiger partial charge in [-0.05, 0) is 13.8 Å². The Morgan fingerprint density at radius 2 is 1.33 bits per heavy atom. The van der Waals surface area contributed by atoms with Crippen LogP contribution in [0.2, 0.25) is 0 Å². The summed E-state index contributed by atoms with van der Waals surface area (Å²) in [7, 11) is 0. The average molecular weight is 405 g/mol. The van der Waals surface area contributed by atoms with Crippen LogP contribution >= 0.6 is 70.6 Å². The third kappa shape index (κ3) is 6.80. The van der Waals surface area contributed by atoms with Gasteiger partial charge in [0.25, 0.3) is 0 Å². The molecule has 2 rings (SSSR count). The highest BCUT2D eigenvalue weighted by Gasteiger charge is 2.30. The van der Waals surface area contributed by atoms with E-state index >= 15 is 0 Å². The van der Waals surface area contributed by atoms with Crippen LogP contribution in [-0.2, 0) is 0 Å². The summed E-state index contributed by atoms with van der Waals surface area (Å²) in [6, 6.07) is 0. The molecule has 0 spiro atoms. The maximum Gasteiger partial charge on any atom is 0.0639 e. The van der Waals surface area contributed by atoms with Crippen molar-refractivity contribution in [1.29, 1.82) is 0 Å². The molecular formula is C13H24O2S6. The van der Waals surface area contributed by atoms with Gasteiger partial charge in [0.15, 0.2) is 0 Å². The second-order valence-electron chi connectivity index (χ2n) is 5.22. The number of rotatable bonds is 8. The van der Waals surface area contributed by atoms with E-state index in [9.17, 15) is 10.2 Å². The van der Waals surface area contributed by atoms with Crippen LogP contribution in [-0.4, -0.2) is 70.2 Å². The van der Waals surface area contributed by atoms with Gasteiger partial charge >= 0.3 is 0 Å². The number of aliphatic hydroxyl groups is 2. The van der Waals surface area contributed by atoms with Crippen LogP contribution in [0.3, 0.4) is 0 Å². The minimum atomic E-state index is -0.176. The third-order valence-electron chi connectivity index (χ3n) is 3.30. The largest absolute Gasteiger partial charge is 0.392 e. The highest BCUT2D eigenvalue weighted by atomic mass is 32.2. The molecule has 124 valence electrons. The Kier molecular flexibility index (Phi) is 9.31. The van der Waals surface area contributed by atoms with Crippen molar-refractivity contribution >= 4 is 70.6 Å². The van der Waals surface area contributed by atoms with E-state index in [1.807, 2.05) is 84.4 Å². The first-order valence-electron chi connectivity index (χ1n) is 7.12. The van der Waals surface area contributed by atoms with Crippen LogP contribution in [0, 0.1) is 0 Å². The van der Waals surface area contributed by atoms with E-state index in [2.05, 4.69) is 0 Å². The maximum atomic E-state index is 9.59. The summed E-state index contributed by atoms with van der Waals surface area (Å²) in [5.41, 5.74) is 0. The van der Waals surface area contributed by atoms with E-state index in [-0.39, 0.29) is 12.2 Å². The zero-order chi connectivity index (χ0) is 15.2. The van der Waals surface area contributed by atoms with E-state index in [1.165, 1.54) is 11.5 Å². The summed E-state index contributed by atoms with van der Waals surface area (Å²) in [5.74, 6) is 4.56. The van der Waals surface area contributed by atoms with Gasteiger partial charge < -0.3 is 10.2 Å². The summed E-state index contributed by atoms with van der Waals surface area (Å²) in [6.07, 6.45) is -0.352. The van der Waals surface area contributed by atoms with Crippen molar-refractivity contribution in [2.24, 2.45) is 0 Å². The molecule has 0 amide bonds. The molecule has 2 saturated heterocycles. The summed E-state index contributed by atoms with van der Waals surface area (Å²) < 4.78 is 1.31. The first kappa shape index (κ1) is 19.3. The minimum absolute atomic E-state index is 0.176. The molecule has 0 aliphatic carbocycles. The maximum absolute atomic E-state index is 9.59. The standard InChI is InChI=1S/C13H24O2S6/c1-8(14)10-3-18-12(20-10)5-16-7-17-6-13-19-4-11(21-13)9(2)15/h8-15H,3-7H2,1-2H3. The molecule has 2 N–H and O–H groups in total. The second kappa shape index (κ2) is 10.1. The Morgan fingerprint density at radius 3 is 1.67 bits per heavy atom. The number of hydrogen-bond donors (Lipinski definition) is 2. The molecule has 0 aromatic heterocycles. The zero-order valence-corrected chi connectivity index (χ0v) is 17.2. The quantitative estimate of drug-likeness (QED) is 0.470. The number of hydrogen-bond acceptors (Lipinski definition) is 8. The van der Waals surface area contributed by atoms with Crippen molar-refractivity contribution in [3.05, 3.63) is 0 Å². The van der Waals surface area contributed by atoms with Gasteiger partial charge in [-0.25, -0.2) is 0 Å². The monoisotopic (exact) mass is 404 g/mol. The molecule has 0 aromatic carbocycles. The molecule has 2 aliphatic rings. The Hall–Kier alpha value is 2.02. The molecule has 2 aliphatic heterocycles. The number of aliphatic hydroxyl groups excluding tert-OH is 2. The molecule has 8 heteroatoms. The van der Waals surface area contributed by atoms with Crippen LogP contribution in [0.5, 0.6) is 0 Å². The van der Waals surface area contributed by atoms with Gasteiger partial charge in [-0.15, -0.1) is 70.6 Å². The van der Waals surface area contributed by atoms with Gasteiger partial charge in [0.1, 0.15) is 0 Å². The highest BCUT2D eigenvalue weighted by Crippen LogP contribution is 2.43. The van der Waals surface area contributed by atoms with Crippen molar-refractivity contribution in [1.82, 2.24) is 0 Å². The second-order valence-corrected chi connectivity index (χ2v) is 13.6. The lowest BCUT2D eigenvalue weighted by Crippen LogP contribution is -2.18. The van der Waals surface area contributed by atoms with Gasteiger partial charge in [-0.3, -0.25) is 0 Å². The van der Waals surface area contributed by atoms with Gasteiger partial charge in [0, 0.05) is 38.6 Å². The third-order valence-corrected chi connectivity index (χ3v) is 13.5. The predicted octanol–water partition coefficient (Wildman–Crippen LogP) is 3.52. The van der Waals surface area contributed by atoms with E-state index in [0.29, 0.717) is 19.7 Å². The Labute approximate surface area is 153 Å². The van der Waals surface area contributed by atoms with Gasteiger partial charge in [0.05, 0.1) is 21.4 Å². The Morgan fingerprint density at radius 1 is 0.905 bits per heavy atom. The van der Waals surface area contributed by atoms with Crippen molar-refractivity contribution in [3.63, 3.8) is 0 Å². The predicted molar refractivity (Wildman–Crippen MR) is 108 cm³/mol. The summed E-state index contributed by atoms with van der Waals surface area (Å²) in [6.45, 7) is 3.81. The average Bonchev–Trinajstić information content (AvgIpc) is 3.06. The lowest BCUT2D eigenvalue weighted by atomic mass is 10.3. The molecule has 6 atom stereocenters. The lowest BCUT2D eigenvalue weighted by molar-refractivity contribution is 0.197. The summed E-state index contributed by atoms with van der Waals surface area (Å²) >= 11 is 12.0. The molecule has 2 heterocycles. The smallest absolute Gasteiger partial charge is 0.0639 e. The van der Waals surface area contributed by atoms with Gasteiger partial charge in [-0.2, -0.15) is 0 Å². The van der Waals surface area contributed by atoms with Crippen LogP contribution < -0.4 is 0 Å². The first-order valence-corrected chi connectivity index (χ1v) is 13.4. The molecule has 6 unspecified atom stereocenters. The molecule has 0 bridgehead atoms. The topological polar surface area (TPSA) is 40.5 Å². The molecule has 0 saturated carbocycles. The van der Waals surface area contributed by atoms with Crippen LogP contribution in [0.25, 0.3) is 0 Å². The Bertz CT molecular complexity index is 276. The normalized spacial score (nSPS) is 36.0. The van der Waals surface area contributed by atoms with Crippen LogP contribution in [0.4, 0.5) is 0 Å². The van der Waals surface area contributed by atoms with Crippen LogP contribution in [0.15, 0.2) is 0 Å². The molecule has 2 nitrogen and oxygen atoms in total. The molecule has 2 fully saturated rings. The molecular weight excluding hydrogens is 381 g/mol. The minimum Gasteiger partial charge on any atom is -0.392 e. The van der Waals surface area contributed by atoms with E-state index in [1.54, 1.807) is 0 Å². The highest BCUT2D eigenvalue weighted by molar-refractivity contribution is 8.23. The fourth-order valence-electron chi connectivity index (χ4n) is 1.98. The zero-order valence-electron chi connectivity index (χ0n) is 12.3. The fourth-order valence-corrected chi connectivity index (χ4v) is 11.8. The fraction of sp³-hybridized carbons (Fsp3) is 1.00. The van der Waals surface area contributed by atoms with Crippen molar-refractivity contribution in [2.45, 2.75) is 45.7 Å². The molecule has 0 radical (unpaired) electrons. The van der Waals surface area contributed by atoms with E-state index in [4.69, 9.17) is 0 Å². The Balaban J connectivity index is 1.48. The summed E-state index contributed by atoms with van der Waals surface area (Å²) in [5, 5.41) is 21.2. The lowest BCUT2D eigenvalue weighted by Gasteiger charge is -2.13.